The number of nitrogens with zero attached hydrogens (tertiary/aromatic N) is 2. The van der Waals surface area contributed by atoms with Gasteiger partial charge in [0.1, 0.15) is 5.82 Å². The molecule has 1 aliphatic heterocycles. The smallest absolute Gasteiger partial charge is 0.141 e. The van der Waals surface area contributed by atoms with Gasteiger partial charge in [0.2, 0.25) is 0 Å². The third-order valence-electron chi connectivity index (χ3n) is 5.11. The lowest BCUT2D eigenvalue weighted by atomic mass is 10.0. The highest BCUT2D eigenvalue weighted by Crippen LogP contribution is 2.49. The molecule has 5 rings (SSSR count). The molecule has 2 nitrogen and oxygen atoms in total. The summed E-state index contributed by atoms with van der Waals surface area (Å²) in [7, 11) is 0. The van der Waals surface area contributed by atoms with Crippen LogP contribution in [0.4, 0.5) is 0 Å². The summed E-state index contributed by atoms with van der Waals surface area (Å²) in [6.45, 7) is 2.22. The monoisotopic (exact) mass is 356 g/mol. The van der Waals surface area contributed by atoms with E-state index in [9.17, 15) is 0 Å². The van der Waals surface area contributed by atoms with Gasteiger partial charge in [-0.3, -0.25) is 0 Å². The molecule has 2 heterocycles. The normalized spacial score (nSPS) is 14.9. The van der Waals surface area contributed by atoms with Crippen molar-refractivity contribution >= 4 is 11.6 Å². The van der Waals surface area contributed by atoms with Gasteiger partial charge in [-0.2, -0.15) is 0 Å². The minimum Gasteiger partial charge on any atom is -0.316 e. The van der Waals surface area contributed by atoms with Crippen LogP contribution in [0.15, 0.2) is 78.9 Å². The third kappa shape index (κ3) is 2.16. The maximum Gasteiger partial charge on any atom is 0.141 e. The molecule has 0 N–H and O–H groups in total. The predicted octanol–water partition coefficient (Wildman–Crippen LogP) is 6.46. The van der Waals surface area contributed by atoms with Crippen molar-refractivity contribution in [2.45, 2.75) is 13.0 Å². The van der Waals surface area contributed by atoms with Gasteiger partial charge in [-0.15, -0.1) is 0 Å². The zero-order valence-corrected chi connectivity index (χ0v) is 15.1. The summed E-state index contributed by atoms with van der Waals surface area (Å²) in [5.74, 6) is 0.985. The zero-order chi connectivity index (χ0) is 17.7. The average Bonchev–Trinajstić information content (AvgIpc) is 3.21. The highest BCUT2D eigenvalue weighted by atomic mass is 35.5. The summed E-state index contributed by atoms with van der Waals surface area (Å²) in [6.07, 6.45) is 0. The van der Waals surface area contributed by atoms with Crippen LogP contribution in [0.5, 0.6) is 0 Å². The lowest BCUT2D eigenvalue weighted by molar-refractivity contribution is 0.679. The van der Waals surface area contributed by atoms with Crippen LogP contribution >= 0.6 is 11.6 Å². The van der Waals surface area contributed by atoms with Crippen LogP contribution in [-0.2, 0) is 0 Å². The van der Waals surface area contributed by atoms with Crippen molar-refractivity contribution in [1.82, 2.24) is 9.55 Å². The number of aromatic nitrogens is 2. The molecule has 0 aliphatic carbocycles. The van der Waals surface area contributed by atoms with Crippen molar-refractivity contribution in [3.63, 3.8) is 0 Å². The lowest BCUT2D eigenvalue weighted by Crippen LogP contribution is -2.03. The molecular weight excluding hydrogens is 340 g/mol. The highest BCUT2D eigenvalue weighted by molar-refractivity contribution is 6.33. The minimum absolute atomic E-state index is 0.193. The molecule has 0 fully saturated rings. The molecule has 3 heteroatoms. The molecule has 0 saturated heterocycles. The molecule has 0 saturated carbocycles. The molecule has 4 aromatic rings. The summed E-state index contributed by atoms with van der Waals surface area (Å²) < 4.78 is 2.33. The number of benzene rings is 3. The fraction of sp³-hybridized carbons (Fsp3) is 0.0870. The van der Waals surface area contributed by atoms with E-state index in [-0.39, 0.29) is 6.04 Å². The van der Waals surface area contributed by atoms with Crippen molar-refractivity contribution in [2.24, 2.45) is 0 Å². The Morgan fingerprint density at radius 3 is 2.15 bits per heavy atom. The first-order valence-electron chi connectivity index (χ1n) is 8.77. The van der Waals surface area contributed by atoms with Gasteiger partial charge in [0.15, 0.2) is 0 Å². The topological polar surface area (TPSA) is 17.8 Å². The maximum atomic E-state index is 6.64. The Hall–Kier alpha value is -2.84. The van der Waals surface area contributed by atoms with E-state index in [0.29, 0.717) is 0 Å². The maximum absolute atomic E-state index is 6.64. The van der Waals surface area contributed by atoms with E-state index in [0.717, 1.165) is 38.9 Å². The summed E-state index contributed by atoms with van der Waals surface area (Å²) in [5, 5.41) is 0.782. The average molecular weight is 357 g/mol. The predicted molar refractivity (Wildman–Crippen MR) is 107 cm³/mol. The van der Waals surface area contributed by atoms with E-state index in [2.05, 4.69) is 66.1 Å². The molecule has 0 spiro atoms. The zero-order valence-electron chi connectivity index (χ0n) is 14.4. The van der Waals surface area contributed by atoms with Gasteiger partial charge in [-0.25, -0.2) is 4.98 Å². The van der Waals surface area contributed by atoms with Crippen LogP contribution in [0.1, 0.15) is 18.5 Å². The Morgan fingerprint density at radius 1 is 0.808 bits per heavy atom. The molecule has 0 radical (unpaired) electrons. The first-order valence-corrected chi connectivity index (χ1v) is 9.15. The first-order chi connectivity index (χ1) is 12.8. The van der Waals surface area contributed by atoms with Crippen LogP contribution in [0.3, 0.4) is 0 Å². The first kappa shape index (κ1) is 15.4. The van der Waals surface area contributed by atoms with Gasteiger partial charge < -0.3 is 4.57 Å². The number of halogens is 1. The third-order valence-corrected chi connectivity index (χ3v) is 5.43. The van der Waals surface area contributed by atoms with Gasteiger partial charge >= 0.3 is 0 Å². The molecular formula is C23H17ClN2. The molecule has 0 amide bonds. The molecule has 26 heavy (non-hydrogen) atoms. The van der Waals surface area contributed by atoms with Crippen molar-refractivity contribution < 1.29 is 0 Å². The van der Waals surface area contributed by atoms with Crippen molar-refractivity contribution in [3.8, 4) is 33.9 Å². The molecule has 3 aromatic carbocycles. The molecule has 0 bridgehead atoms. The van der Waals surface area contributed by atoms with Crippen molar-refractivity contribution in [3.05, 3.63) is 89.4 Å². The van der Waals surface area contributed by atoms with E-state index < -0.39 is 0 Å². The second-order valence-corrected chi connectivity index (χ2v) is 7.02. The molecule has 1 atom stereocenters. The Balaban J connectivity index is 1.87. The van der Waals surface area contributed by atoms with E-state index in [1.165, 1.54) is 5.56 Å². The van der Waals surface area contributed by atoms with Crippen LogP contribution in [0.2, 0.25) is 5.02 Å². The van der Waals surface area contributed by atoms with E-state index in [4.69, 9.17) is 16.6 Å². The fourth-order valence-corrected chi connectivity index (χ4v) is 4.19. The van der Waals surface area contributed by atoms with Crippen LogP contribution in [0.25, 0.3) is 33.9 Å². The van der Waals surface area contributed by atoms with Crippen LogP contribution in [0, 0.1) is 0 Å². The lowest BCUT2D eigenvalue weighted by Gasteiger charge is -2.12. The summed E-state index contributed by atoms with van der Waals surface area (Å²) in [5.41, 5.74) is 6.69. The van der Waals surface area contributed by atoms with Crippen molar-refractivity contribution in [2.75, 3.05) is 0 Å². The van der Waals surface area contributed by atoms with E-state index in [1.54, 1.807) is 0 Å². The molecule has 126 valence electrons. The SMILES string of the molecule is CC1c2cccc(Cl)c2-c2c(-c3ccccc3)nc(-c3ccccc3)n21. The number of fused-ring (bicyclic) bond motifs is 3. The van der Waals surface area contributed by atoms with Gasteiger partial charge in [-0.05, 0) is 18.6 Å². The largest absolute Gasteiger partial charge is 0.316 e. The summed E-state index contributed by atoms with van der Waals surface area (Å²) >= 11 is 6.64. The summed E-state index contributed by atoms with van der Waals surface area (Å²) in [4.78, 5) is 5.07. The summed E-state index contributed by atoms with van der Waals surface area (Å²) in [6, 6.07) is 27.1. The van der Waals surface area contributed by atoms with Gasteiger partial charge in [-0.1, -0.05) is 84.4 Å². The molecule has 1 aliphatic rings. The number of hydrogen-bond acceptors (Lipinski definition) is 1. The van der Waals surface area contributed by atoms with Crippen LogP contribution in [-0.4, -0.2) is 9.55 Å². The quantitative estimate of drug-likeness (QED) is 0.403. The number of rotatable bonds is 2. The second-order valence-electron chi connectivity index (χ2n) is 6.61. The Bertz CT molecular complexity index is 1100. The Morgan fingerprint density at radius 2 is 1.46 bits per heavy atom. The Kier molecular flexibility index (Phi) is 3.47. The highest BCUT2D eigenvalue weighted by Gasteiger charge is 2.33. The second kappa shape index (κ2) is 5.86. The van der Waals surface area contributed by atoms with Gasteiger partial charge in [0, 0.05) is 16.7 Å². The van der Waals surface area contributed by atoms with Crippen molar-refractivity contribution in [1.29, 1.82) is 0 Å². The molecule has 1 aromatic heterocycles. The van der Waals surface area contributed by atoms with Crippen LogP contribution < -0.4 is 0 Å². The number of imidazole rings is 1. The standard InChI is InChI=1S/C23H17ClN2/c1-15-18-13-8-14-19(24)20(18)22-21(16-9-4-2-5-10-16)25-23(26(15)22)17-11-6-3-7-12-17/h2-15H,1H3. The minimum atomic E-state index is 0.193. The Labute approximate surface area is 157 Å². The number of hydrogen-bond donors (Lipinski definition) is 0. The fourth-order valence-electron chi connectivity index (χ4n) is 3.91. The van der Waals surface area contributed by atoms with Gasteiger partial charge in [0.05, 0.1) is 22.5 Å². The van der Waals surface area contributed by atoms with Gasteiger partial charge in [0.25, 0.3) is 0 Å². The van der Waals surface area contributed by atoms with E-state index in [1.807, 2.05) is 24.3 Å². The molecule has 1 unspecified atom stereocenters. The van der Waals surface area contributed by atoms with E-state index >= 15 is 0 Å².